The fourth-order valence-corrected chi connectivity index (χ4v) is 11.5. The van der Waals surface area contributed by atoms with Gasteiger partial charge >= 0.3 is 17.9 Å². The van der Waals surface area contributed by atoms with Crippen molar-refractivity contribution < 1.29 is 59.6 Å². The summed E-state index contributed by atoms with van der Waals surface area (Å²) in [5, 5.41) is 73.8. The van der Waals surface area contributed by atoms with Crippen LogP contribution in [0.4, 0.5) is 0 Å². The number of esters is 1. The third-order valence-electron chi connectivity index (χ3n) is 14.8. The predicted octanol–water partition coefficient (Wildman–Crippen LogP) is 2.87. The number of rotatable bonds is 7. The zero-order valence-electron chi connectivity index (χ0n) is 29.3. The molecule has 12 heteroatoms. The van der Waals surface area contributed by atoms with Crippen LogP contribution in [0.15, 0.2) is 11.6 Å². The van der Waals surface area contributed by atoms with Gasteiger partial charge in [0.1, 0.15) is 24.4 Å². The van der Waals surface area contributed by atoms with Crippen molar-refractivity contribution in [3.05, 3.63) is 11.6 Å². The minimum atomic E-state index is -1.76. The molecular formula is C36H56O12. The SMILES string of the molecule is C[C@@H]1CC[C@]2(C(=O)O[C@@H]3O[C@H](CO)[C@@H](O)[C@H](O)[C@H]3O)CC[C@]3(C)C(=CC[C@@H]4[C@@](C)(CC(=O)O)[C@H](C(C)(C)C(=O)O)CC[C@]43C)[C@@H]2[C@]1(C)O. The lowest BCUT2D eigenvalue weighted by Crippen LogP contribution is -2.67. The molecule has 4 aliphatic carbocycles. The first kappa shape index (κ1) is 37.2. The van der Waals surface area contributed by atoms with Crippen molar-refractivity contribution in [2.24, 2.45) is 50.7 Å². The van der Waals surface area contributed by atoms with Crippen LogP contribution in [-0.4, -0.2) is 96.6 Å². The Morgan fingerprint density at radius 2 is 1.60 bits per heavy atom. The third-order valence-corrected chi connectivity index (χ3v) is 14.8. The monoisotopic (exact) mass is 680 g/mol. The van der Waals surface area contributed by atoms with E-state index in [1.165, 1.54) is 0 Å². The summed E-state index contributed by atoms with van der Waals surface area (Å²) in [7, 11) is 0. The van der Waals surface area contributed by atoms with E-state index >= 15 is 0 Å². The van der Waals surface area contributed by atoms with E-state index in [4.69, 9.17) is 9.47 Å². The maximum absolute atomic E-state index is 14.4. The number of aliphatic hydroxyl groups excluding tert-OH is 4. The Morgan fingerprint density at radius 1 is 0.958 bits per heavy atom. The Kier molecular flexibility index (Phi) is 9.30. The Bertz CT molecular complexity index is 1340. The summed E-state index contributed by atoms with van der Waals surface area (Å²) in [4.78, 5) is 39.4. The van der Waals surface area contributed by atoms with E-state index in [0.29, 0.717) is 44.9 Å². The van der Waals surface area contributed by atoms with Gasteiger partial charge in [-0.05, 0) is 99.7 Å². The van der Waals surface area contributed by atoms with Crippen LogP contribution in [-0.2, 0) is 23.9 Å². The predicted molar refractivity (Wildman–Crippen MR) is 171 cm³/mol. The van der Waals surface area contributed by atoms with E-state index in [1.807, 2.05) is 13.8 Å². The quantitative estimate of drug-likeness (QED) is 0.153. The molecule has 0 bridgehead atoms. The normalized spacial score (nSPS) is 49.1. The first-order chi connectivity index (χ1) is 22.1. The standard InChI is InChI=1S/C36H56O12/c1-18-10-13-36(30(45)48-28-26(42)25(41)24(40)20(17-37)47-28)15-14-33(5)19(27(36)35(18,7)46)8-9-22-32(4,16-23(38)39)21(11-12-34(22,33)6)31(2,3)29(43)44/h8,18,20-22,24-28,37,40-42,46H,9-17H2,1-7H3,(H,38,39)(H,43,44)/t18-,20-,21+,22-,24-,25+,26-,27-,28+,32+,33-,34-,35-,36+/m1/s1. The molecule has 0 aromatic heterocycles. The lowest BCUT2D eigenvalue weighted by atomic mass is 9.34. The van der Waals surface area contributed by atoms with Gasteiger partial charge in [0.25, 0.3) is 0 Å². The molecular weight excluding hydrogens is 624 g/mol. The van der Waals surface area contributed by atoms with Gasteiger partial charge in [0.15, 0.2) is 0 Å². The minimum Gasteiger partial charge on any atom is -0.481 e. The first-order valence-corrected chi connectivity index (χ1v) is 17.5. The highest BCUT2D eigenvalue weighted by molar-refractivity contribution is 5.79. The van der Waals surface area contributed by atoms with E-state index in [1.54, 1.807) is 20.8 Å². The summed E-state index contributed by atoms with van der Waals surface area (Å²) in [6, 6.07) is 0. The van der Waals surface area contributed by atoms with Crippen LogP contribution in [0.3, 0.4) is 0 Å². The zero-order valence-corrected chi connectivity index (χ0v) is 29.3. The van der Waals surface area contributed by atoms with Gasteiger partial charge < -0.3 is 45.2 Å². The summed E-state index contributed by atoms with van der Waals surface area (Å²) >= 11 is 0. The van der Waals surface area contributed by atoms with Crippen LogP contribution in [0, 0.1) is 50.7 Å². The van der Waals surface area contributed by atoms with Crippen molar-refractivity contribution in [1.29, 1.82) is 0 Å². The first-order valence-electron chi connectivity index (χ1n) is 17.5. The maximum atomic E-state index is 14.4. The fourth-order valence-electron chi connectivity index (χ4n) is 11.5. The Labute approximate surface area is 282 Å². The summed E-state index contributed by atoms with van der Waals surface area (Å²) in [5.41, 5.74) is -4.72. The molecule has 1 aliphatic heterocycles. The van der Waals surface area contributed by atoms with Gasteiger partial charge in [-0.3, -0.25) is 14.4 Å². The number of carbonyl (C=O) groups is 3. The summed E-state index contributed by atoms with van der Waals surface area (Å²) < 4.78 is 11.4. The fraction of sp³-hybridized carbons (Fsp3) is 0.861. The van der Waals surface area contributed by atoms with E-state index < -0.39 is 99.7 Å². The van der Waals surface area contributed by atoms with E-state index in [2.05, 4.69) is 19.9 Å². The van der Waals surface area contributed by atoms with Gasteiger partial charge in [-0.15, -0.1) is 0 Å². The minimum absolute atomic E-state index is 0.179. The van der Waals surface area contributed by atoms with E-state index in [-0.39, 0.29) is 18.3 Å². The molecule has 0 aromatic rings. The Hall–Kier alpha value is -2.09. The summed E-state index contributed by atoms with van der Waals surface area (Å²) in [5.74, 6) is -4.10. The highest BCUT2D eigenvalue weighted by Gasteiger charge is 2.71. The zero-order chi connectivity index (χ0) is 36.0. The third kappa shape index (κ3) is 5.10. The molecule has 12 nitrogen and oxygen atoms in total. The van der Waals surface area contributed by atoms with E-state index in [0.717, 1.165) is 5.57 Å². The molecule has 4 fully saturated rings. The number of hydrogen-bond acceptors (Lipinski definition) is 10. The number of allylic oxidation sites excluding steroid dienone is 1. The second-order valence-corrected chi connectivity index (χ2v) is 17.2. The number of hydrogen-bond donors (Lipinski definition) is 7. The molecule has 0 radical (unpaired) electrons. The van der Waals surface area contributed by atoms with Crippen LogP contribution < -0.4 is 0 Å². The number of aliphatic carboxylic acids is 2. The van der Waals surface area contributed by atoms with Crippen LogP contribution >= 0.6 is 0 Å². The number of carboxylic acids is 2. The molecule has 1 saturated heterocycles. The van der Waals surface area contributed by atoms with Gasteiger partial charge in [-0.25, -0.2) is 0 Å². The molecule has 5 aliphatic rings. The second kappa shape index (κ2) is 12.0. The average Bonchev–Trinajstić information content (AvgIpc) is 2.99. The van der Waals surface area contributed by atoms with Crippen molar-refractivity contribution in [1.82, 2.24) is 0 Å². The lowest BCUT2D eigenvalue weighted by Gasteiger charge is -2.70. The maximum Gasteiger partial charge on any atom is 0.315 e. The van der Waals surface area contributed by atoms with Crippen molar-refractivity contribution in [2.75, 3.05) is 6.61 Å². The smallest absolute Gasteiger partial charge is 0.315 e. The highest BCUT2D eigenvalue weighted by Crippen LogP contribution is 2.75. The van der Waals surface area contributed by atoms with Gasteiger partial charge in [-0.2, -0.15) is 0 Å². The number of carboxylic acid groups (broad SMARTS) is 2. The Morgan fingerprint density at radius 3 is 2.19 bits per heavy atom. The Balaban J connectivity index is 1.59. The number of carbonyl (C=O) groups excluding carboxylic acids is 1. The van der Waals surface area contributed by atoms with Crippen LogP contribution in [0.2, 0.25) is 0 Å². The van der Waals surface area contributed by atoms with Gasteiger partial charge in [0, 0.05) is 5.92 Å². The van der Waals surface area contributed by atoms with Gasteiger partial charge in [-0.1, -0.05) is 39.3 Å². The summed E-state index contributed by atoms with van der Waals surface area (Å²) in [6.45, 7) is 12.7. The highest BCUT2D eigenvalue weighted by atomic mass is 16.7. The van der Waals surface area contributed by atoms with Crippen molar-refractivity contribution >= 4 is 17.9 Å². The topological polar surface area (TPSA) is 211 Å². The van der Waals surface area contributed by atoms with Crippen LogP contribution in [0.5, 0.6) is 0 Å². The molecule has 0 spiro atoms. The number of fused-ring (bicyclic) bond motifs is 5. The molecule has 0 aromatic carbocycles. The molecule has 1 heterocycles. The van der Waals surface area contributed by atoms with Crippen molar-refractivity contribution in [3.8, 4) is 0 Å². The number of ether oxygens (including phenoxy) is 2. The molecule has 14 atom stereocenters. The molecule has 7 N–H and O–H groups in total. The van der Waals surface area contributed by atoms with E-state index in [9.17, 15) is 50.1 Å². The van der Waals surface area contributed by atoms with Gasteiger partial charge in [0.05, 0.1) is 29.5 Å². The molecule has 0 amide bonds. The van der Waals surface area contributed by atoms with Crippen molar-refractivity contribution in [3.63, 3.8) is 0 Å². The van der Waals surface area contributed by atoms with Crippen molar-refractivity contribution in [2.45, 2.75) is 136 Å². The number of aliphatic hydroxyl groups is 5. The van der Waals surface area contributed by atoms with Crippen LogP contribution in [0.25, 0.3) is 0 Å². The molecule has 48 heavy (non-hydrogen) atoms. The molecule has 5 rings (SSSR count). The lowest BCUT2D eigenvalue weighted by molar-refractivity contribution is -0.299. The second-order valence-electron chi connectivity index (χ2n) is 17.2. The molecule has 272 valence electrons. The summed E-state index contributed by atoms with van der Waals surface area (Å²) in [6.07, 6.45) is -2.70. The van der Waals surface area contributed by atoms with Gasteiger partial charge in [0.2, 0.25) is 6.29 Å². The molecule has 0 unspecified atom stereocenters. The largest absolute Gasteiger partial charge is 0.481 e. The molecule has 3 saturated carbocycles. The average molecular weight is 681 g/mol. The van der Waals surface area contributed by atoms with Crippen LogP contribution in [0.1, 0.15) is 99.8 Å².